The van der Waals surface area contributed by atoms with E-state index in [-0.39, 0.29) is 0 Å². The number of pyridine rings is 1. The van der Waals surface area contributed by atoms with Crippen molar-refractivity contribution in [3.05, 3.63) is 65.5 Å². The van der Waals surface area contributed by atoms with Crippen LogP contribution in [0.4, 0.5) is 0 Å². The highest BCUT2D eigenvalue weighted by atomic mass is 32.1. The molecular weight excluding hydrogens is 348 g/mol. The summed E-state index contributed by atoms with van der Waals surface area (Å²) >= 11 is 4.86. The number of nitrogens with zero attached hydrogens (tertiary/aromatic N) is 2. The van der Waals surface area contributed by atoms with Crippen molar-refractivity contribution in [1.82, 2.24) is 9.88 Å². The molecule has 0 aliphatic heterocycles. The van der Waals surface area contributed by atoms with Crippen molar-refractivity contribution >= 4 is 12.6 Å². The maximum Gasteiger partial charge on any atom is 0.0532 e. The Kier molecular flexibility index (Phi) is 11.4. The summed E-state index contributed by atoms with van der Waals surface area (Å²) in [4.78, 5) is 6.95. The molecule has 0 saturated heterocycles. The molecule has 2 nitrogen and oxygen atoms in total. The molecule has 150 valence electrons. The Balaban J connectivity index is 3.01. The van der Waals surface area contributed by atoms with Gasteiger partial charge in [0.15, 0.2) is 0 Å². The van der Waals surface area contributed by atoms with Crippen molar-refractivity contribution in [2.75, 3.05) is 6.54 Å². The van der Waals surface area contributed by atoms with Gasteiger partial charge < -0.3 is 0 Å². The molecule has 1 rings (SSSR count). The maximum atomic E-state index is 4.86. The van der Waals surface area contributed by atoms with E-state index in [1.165, 1.54) is 16.7 Å². The zero-order valence-corrected chi connectivity index (χ0v) is 18.8. The highest BCUT2D eigenvalue weighted by Crippen LogP contribution is 2.21. The van der Waals surface area contributed by atoms with Gasteiger partial charge in [0, 0.05) is 17.9 Å². The van der Waals surface area contributed by atoms with E-state index < -0.39 is 0 Å². The Morgan fingerprint density at radius 3 is 2.59 bits per heavy atom. The van der Waals surface area contributed by atoms with E-state index in [0.29, 0.717) is 11.4 Å². The topological polar surface area (TPSA) is 16.1 Å². The second kappa shape index (κ2) is 13.0. The van der Waals surface area contributed by atoms with Crippen LogP contribution >= 0.6 is 12.6 Å². The van der Waals surface area contributed by atoms with Crippen LogP contribution < -0.4 is 0 Å². The van der Waals surface area contributed by atoms with Gasteiger partial charge in [-0.3, -0.25) is 9.88 Å². The average molecular weight is 387 g/mol. The first-order chi connectivity index (χ1) is 12.9. The average Bonchev–Trinajstić information content (AvgIpc) is 2.64. The molecule has 1 unspecified atom stereocenters. The molecular formula is C24H38N2S. The molecule has 0 spiro atoms. The van der Waals surface area contributed by atoms with Crippen LogP contribution in [0, 0.1) is 6.92 Å². The lowest BCUT2D eigenvalue weighted by atomic mass is 9.97. The number of aromatic nitrogens is 1. The molecule has 2 atom stereocenters. The summed E-state index contributed by atoms with van der Waals surface area (Å²) < 4.78 is 0. The number of hydrogen-bond acceptors (Lipinski definition) is 3. The molecule has 0 radical (unpaired) electrons. The van der Waals surface area contributed by atoms with Crippen molar-refractivity contribution < 1.29 is 0 Å². The molecule has 0 fully saturated rings. The Hall–Kier alpha value is -1.32. The first kappa shape index (κ1) is 23.7. The van der Waals surface area contributed by atoms with Crippen molar-refractivity contribution in [3.8, 4) is 0 Å². The van der Waals surface area contributed by atoms with Gasteiger partial charge in [0.05, 0.1) is 5.37 Å². The third kappa shape index (κ3) is 8.49. The van der Waals surface area contributed by atoms with Gasteiger partial charge in [-0.2, -0.15) is 12.6 Å². The number of rotatable bonds is 12. The molecule has 0 aromatic carbocycles. The Bertz CT molecular complexity index is 616. The minimum atomic E-state index is 0.316. The molecule has 27 heavy (non-hydrogen) atoms. The summed E-state index contributed by atoms with van der Waals surface area (Å²) in [5, 5.41) is 0.316. The van der Waals surface area contributed by atoms with Crippen LogP contribution in [0.15, 0.2) is 54.3 Å². The summed E-state index contributed by atoms with van der Waals surface area (Å²) in [6.45, 7) is 16.0. The Morgan fingerprint density at radius 1 is 1.30 bits per heavy atom. The number of hydrogen-bond donors (Lipinski definition) is 1. The normalized spacial score (nSPS) is 15.1. The number of allylic oxidation sites excluding steroid dienone is 4. The van der Waals surface area contributed by atoms with Crippen molar-refractivity contribution in [3.63, 3.8) is 0 Å². The van der Waals surface area contributed by atoms with Crippen LogP contribution in [0.2, 0.25) is 0 Å². The van der Waals surface area contributed by atoms with Gasteiger partial charge in [-0.25, -0.2) is 0 Å². The highest BCUT2D eigenvalue weighted by molar-refractivity contribution is 7.80. The van der Waals surface area contributed by atoms with Crippen LogP contribution in [0.1, 0.15) is 64.6 Å². The minimum absolute atomic E-state index is 0.316. The van der Waals surface area contributed by atoms with Gasteiger partial charge in [-0.15, -0.1) is 6.58 Å². The fraction of sp³-hybridized carbons (Fsp3) is 0.542. The summed E-state index contributed by atoms with van der Waals surface area (Å²) in [5.74, 6) is 0. The Labute approximate surface area is 172 Å². The van der Waals surface area contributed by atoms with Crippen molar-refractivity contribution in [2.24, 2.45) is 0 Å². The summed E-state index contributed by atoms with van der Waals surface area (Å²) in [6.07, 6.45) is 13.8. The fourth-order valence-corrected chi connectivity index (χ4v) is 3.88. The maximum absolute atomic E-state index is 4.86. The minimum Gasteiger partial charge on any atom is -0.286 e. The van der Waals surface area contributed by atoms with E-state index >= 15 is 0 Å². The molecule has 0 N–H and O–H groups in total. The van der Waals surface area contributed by atoms with E-state index in [4.69, 9.17) is 12.6 Å². The van der Waals surface area contributed by atoms with Crippen LogP contribution in [-0.4, -0.2) is 27.8 Å². The van der Waals surface area contributed by atoms with E-state index in [1.807, 2.05) is 19.2 Å². The molecule has 0 bridgehead atoms. The zero-order chi connectivity index (χ0) is 20.2. The first-order valence-electron chi connectivity index (χ1n) is 10.3. The Morgan fingerprint density at radius 2 is 2.04 bits per heavy atom. The molecule has 1 aromatic rings. The summed E-state index contributed by atoms with van der Waals surface area (Å²) in [5.41, 5.74) is 5.00. The van der Waals surface area contributed by atoms with Gasteiger partial charge in [0.1, 0.15) is 0 Å². The van der Waals surface area contributed by atoms with Gasteiger partial charge in [-0.1, -0.05) is 50.1 Å². The molecule has 0 aliphatic carbocycles. The van der Waals surface area contributed by atoms with Crippen molar-refractivity contribution in [2.45, 2.75) is 78.1 Å². The highest BCUT2D eigenvalue weighted by Gasteiger charge is 2.18. The van der Waals surface area contributed by atoms with Gasteiger partial charge >= 0.3 is 0 Å². The lowest BCUT2D eigenvalue weighted by Crippen LogP contribution is -2.38. The predicted molar refractivity (Wildman–Crippen MR) is 123 cm³/mol. The third-order valence-corrected chi connectivity index (χ3v) is 5.39. The third-order valence-electron chi connectivity index (χ3n) is 4.83. The summed E-state index contributed by atoms with van der Waals surface area (Å²) in [6, 6.07) is 4.62. The number of thiol groups is 1. The lowest BCUT2D eigenvalue weighted by Gasteiger charge is -2.32. The molecule has 0 amide bonds. The van der Waals surface area contributed by atoms with E-state index in [9.17, 15) is 0 Å². The molecule has 0 saturated carbocycles. The number of aryl methyl sites for hydroxylation is 1. The van der Waals surface area contributed by atoms with Crippen LogP contribution in [0.3, 0.4) is 0 Å². The van der Waals surface area contributed by atoms with Gasteiger partial charge in [0.2, 0.25) is 0 Å². The predicted octanol–water partition coefficient (Wildman–Crippen LogP) is 6.54. The fourth-order valence-electron chi connectivity index (χ4n) is 3.29. The SMILES string of the molecule is C=CC/C=C(Cc1ccc(C)nc1)\C(C)=C/C(C)N(CCC)[C@@H](S)CCC. The molecule has 0 aliphatic rings. The largest absolute Gasteiger partial charge is 0.286 e. The van der Waals surface area contributed by atoms with Gasteiger partial charge in [-0.05, 0) is 70.2 Å². The van der Waals surface area contributed by atoms with E-state index in [2.05, 4.69) is 68.4 Å². The smallest absolute Gasteiger partial charge is 0.0532 e. The monoisotopic (exact) mass is 386 g/mol. The summed E-state index contributed by atoms with van der Waals surface area (Å²) in [7, 11) is 0. The van der Waals surface area contributed by atoms with E-state index in [1.54, 1.807) is 0 Å². The van der Waals surface area contributed by atoms with Gasteiger partial charge in [0.25, 0.3) is 0 Å². The second-order valence-corrected chi connectivity index (χ2v) is 7.93. The molecule has 1 heterocycles. The quantitative estimate of drug-likeness (QED) is 0.190. The standard InChI is InChI=1S/C24H38N2S/c1-7-10-12-23(17-22-14-13-20(5)25-18-22)19(4)16-21(6)26(15-9-3)24(27)11-8-2/h7,12-14,16,18,21,24,27H,1,8-11,15,17H2,2-6H3/b19-16-,23-12-/t21?,24-/m0/s1. The zero-order valence-electron chi connectivity index (χ0n) is 17.9. The van der Waals surface area contributed by atoms with E-state index in [0.717, 1.165) is 44.3 Å². The lowest BCUT2D eigenvalue weighted by molar-refractivity contribution is 0.217. The molecule has 3 heteroatoms. The second-order valence-electron chi connectivity index (χ2n) is 7.34. The first-order valence-corrected chi connectivity index (χ1v) is 10.8. The van der Waals surface area contributed by atoms with Crippen LogP contribution in [0.25, 0.3) is 0 Å². The van der Waals surface area contributed by atoms with Crippen LogP contribution in [0.5, 0.6) is 0 Å². The van der Waals surface area contributed by atoms with Crippen molar-refractivity contribution in [1.29, 1.82) is 0 Å². The van der Waals surface area contributed by atoms with Crippen LogP contribution in [-0.2, 0) is 6.42 Å². The molecule has 1 aromatic heterocycles.